The quantitative estimate of drug-likeness (QED) is 0.256. The Labute approximate surface area is 176 Å². The van der Waals surface area contributed by atoms with Crippen LogP contribution in [0.1, 0.15) is 84.0 Å². The average molecular weight is 369 g/mol. The molecule has 0 saturated heterocycles. The van der Waals surface area contributed by atoms with Gasteiger partial charge in [0.25, 0.3) is 0 Å². The molecule has 6 heteroatoms. The van der Waals surface area contributed by atoms with Crippen LogP contribution in [0.25, 0.3) is 0 Å². The molecule has 25 heavy (non-hydrogen) atoms. The molecular formula is C19H39NNaO4. The van der Waals surface area contributed by atoms with Crippen LogP contribution in [0.5, 0.6) is 0 Å². The van der Waals surface area contributed by atoms with Crippen molar-refractivity contribution in [2.24, 2.45) is 0 Å². The van der Waals surface area contributed by atoms with E-state index in [0.717, 1.165) is 19.3 Å². The summed E-state index contributed by atoms with van der Waals surface area (Å²) in [5.41, 5.74) is 0. The number of unbranched alkanes of at least 4 members (excludes halogenated alkanes) is 9. The first-order chi connectivity index (χ1) is 11.6. The molecule has 0 spiro atoms. The van der Waals surface area contributed by atoms with Gasteiger partial charge < -0.3 is 15.3 Å². The van der Waals surface area contributed by atoms with Gasteiger partial charge in [0.2, 0.25) is 0 Å². The average Bonchev–Trinajstić information content (AvgIpc) is 2.54. The van der Waals surface area contributed by atoms with Crippen LogP contribution < -0.4 is 0 Å². The van der Waals surface area contributed by atoms with Gasteiger partial charge in [0.05, 0.1) is 19.1 Å². The minimum Gasteiger partial charge on any atom is -0.481 e. The zero-order valence-corrected chi connectivity index (χ0v) is 18.6. The number of aliphatic hydroxyl groups excluding tert-OH is 2. The largest absolute Gasteiger partial charge is 0.481 e. The minimum absolute atomic E-state index is 0. The third kappa shape index (κ3) is 20.5. The summed E-state index contributed by atoms with van der Waals surface area (Å²) < 4.78 is 0. The van der Waals surface area contributed by atoms with Crippen LogP contribution in [0.3, 0.4) is 0 Å². The van der Waals surface area contributed by atoms with Crippen molar-refractivity contribution in [3.63, 3.8) is 0 Å². The number of aliphatic hydroxyl groups is 2. The van der Waals surface area contributed by atoms with E-state index >= 15 is 0 Å². The van der Waals surface area contributed by atoms with Crippen LogP contribution in [-0.2, 0) is 4.79 Å². The van der Waals surface area contributed by atoms with Crippen LogP contribution >= 0.6 is 0 Å². The van der Waals surface area contributed by atoms with Crippen LogP contribution in [-0.4, -0.2) is 88.1 Å². The Morgan fingerprint density at radius 3 is 1.92 bits per heavy atom. The molecule has 0 saturated carbocycles. The first-order valence-corrected chi connectivity index (χ1v) is 9.83. The van der Waals surface area contributed by atoms with Gasteiger partial charge in [-0.15, -0.1) is 0 Å². The van der Waals surface area contributed by atoms with Gasteiger partial charge in [-0.3, -0.25) is 9.69 Å². The minimum atomic E-state index is -0.845. The van der Waals surface area contributed by atoms with Gasteiger partial charge in [0, 0.05) is 49.2 Å². The third-order valence-electron chi connectivity index (χ3n) is 4.42. The van der Waals surface area contributed by atoms with Crippen LogP contribution in [0.15, 0.2) is 0 Å². The van der Waals surface area contributed by atoms with Crippen molar-refractivity contribution < 1.29 is 20.1 Å². The van der Waals surface area contributed by atoms with Crippen LogP contribution in [0.2, 0.25) is 0 Å². The molecule has 0 aromatic heterocycles. The maximum Gasteiger partial charge on any atom is 0.304 e. The Morgan fingerprint density at radius 1 is 0.920 bits per heavy atom. The van der Waals surface area contributed by atoms with Crippen molar-refractivity contribution in [1.29, 1.82) is 0 Å². The van der Waals surface area contributed by atoms with E-state index in [1.807, 2.05) is 4.90 Å². The molecule has 1 unspecified atom stereocenters. The van der Waals surface area contributed by atoms with E-state index in [1.54, 1.807) is 0 Å². The molecule has 0 fully saturated rings. The molecule has 0 heterocycles. The molecule has 0 aliphatic heterocycles. The van der Waals surface area contributed by atoms with E-state index < -0.39 is 12.1 Å². The number of carboxylic acid groups (broad SMARTS) is 1. The molecule has 0 aromatic carbocycles. The third-order valence-corrected chi connectivity index (χ3v) is 4.42. The van der Waals surface area contributed by atoms with E-state index in [9.17, 15) is 9.90 Å². The predicted molar refractivity (Wildman–Crippen MR) is 104 cm³/mol. The van der Waals surface area contributed by atoms with Gasteiger partial charge in [-0.1, -0.05) is 71.1 Å². The van der Waals surface area contributed by atoms with E-state index in [2.05, 4.69) is 6.92 Å². The van der Waals surface area contributed by atoms with Crippen molar-refractivity contribution in [2.75, 3.05) is 26.2 Å². The van der Waals surface area contributed by atoms with Gasteiger partial charge in [0.1, 0.15) is 0 Å². The van der Waals surface area contributed by atoms with Crippen molar-refractivity contribution in [2.45, 2.75) is 90.1 Å². The summed E-state index contributed by atoms with van der Waals surface area (Å²) in [6.07, 6.45) is 13.1. The molecule has 3 N–H and O–H groups in total. The molecule has 145 valence electrons. The summed E-state index contributed by atoms with van der Waals surface area (Å²) in [4.78, 5) is 12.4. The van der Waals surface area contributed by atoms with E-state index in [1.165, 1.54) is 51.4 Å². The number of carboxylic acids is 1. The van der Waals surface area contributed by atoms with Crippen molar-refractivity contribution >= 4 is 35.5 Å². The fraction of sp³-hybridized carbons (Fsp3) is 0.947. The summed E-state index contributed by atoms with van der Waals surface area (Å²) in [6.45, 7) is 3.48. The Kier molecular flexibility index (Phi) is 22.8. The topological polar surface area (TPSA) is 81.0 Å². The fourth-order valence-corrected chi connectivity index (χ4v) is 2.95. The second-order valence-corrected chi connectivity index (χ2v) is 6.79. The molecule has 0 bridgehead atoms. The zero-order valence-electron chi connectivity index (χ0n) is 16.6. The van der Waals surface area contributed by atoms with Gasteiger partial charge in [-0.25, -0.2) is 0 Å². The van der Waals surface area contributed by atoms with E-state index in [4.69, 9.17) is 10.2 Å². The van der Waals surface area contributed by atoms with Gasteiger partial charge >= 0.3 is 5.97 Å². The maximum absolute atomic E-state index is 10.6. The Bertz CT molecular complexity index is 293. The van der Waals surface area contributed by atoms with Gasteiger partial charge in [-0.2, -0.15) is 0 Å². The normalized spacial score (nSPS) is 12.2. The molecule has 1 radical (unpaired) electrons. The Morgan fingerprint density at radius 2 is 1.44 bits per heavy atom. The zero-order chi connectivity index (χ0) is 18.0. The summed E-state index contributed by atoms with van der Waals surface area (Å²) in [5, 5.41) is 27.8. The molecule has 1 atom stereocenters. The second kappa shape index (κ2) is 20.7. The van der Waals surface area contributed by atoms with Gasteiger partial charge in [0.15, 0.2) is 0 Å². The number of hydrogen-bond donors (Lipinski definition) is 3. The number of aliphatic carboxylic acids is 1. The molecule has 0 aliphatic rings. The predicted octanol–water partition coefficient (Wildman–Crippen LogP) is 3.05. The van der Waals surface area contributed by atoms with Crippen LogP contribution in [0, 0.1) is 0 Å². The number of carbonyl (C=O) groups is 1. The monoisotopic (exact) mass is 368 g/mol. The Hall–Kier alpha value is 0.350. The first-order valence-electron chi connectivity index (χ1n) is 9.83. The molecule has 0 amide bonds. The maximum atomic E-state index is 10.6. The SMILES string of the molecule is CCCCCCCCCCCCC(O)CN(CCO)CCC(=O)O.[Na]. The molecule has 0 rings (SSSR count). The molecule has 0 aromatic rings. The van der Waals surface area contributed by atoms with Crippen molar-refractivity contribution in [1.82, 2.24) is 4.90 Å². The molecule has 0 aliphatic carbocycles. The van der Waals surface area contributed by atoms with Crippen LogP contribution in [0.4, 0.5) is 0 Å². The number of nitrogens with zero attached hydrogens (tertiary/aromatic N) is 1. The summed E-state index contributed by atoms with van der Waals surface area (Å²) >= 11 is 0. The standard InChI is InChI=1S/C19H39NO4.Na/c1-2-3-4-5-6-7-8-9-10-11-12-18(22)17-20(15-16-21)14-13-19(23)24;/h18,21-22H,2-17H2,1H3,(H,23,24);. The number of hydrogen-bond acceptors (Lipinski definition) is 4. The fourth-order valence-electron chi connectivity index (χ4n) is 2.95. The van der Waals surface area contributed by atoms with E-state index in [0.29, 0.717) is 19.6 Å². The van der Waals surface area contributed by atoms with Crippen molar-refractivity contribution in [3.05, 3.63) is 0 Å². The first kappa shape index (κ1) is 27.6. The van der Waals surface area contributed by atoms with Crippen molar-refractivity contribution in [3.8, 4) is 0 Å². The smallest absolute Gasteiger partial charge is 0.304 e. The van der Waals surface area contributed by atoms with E-state index in [-0.39, 0.29) is 42.6 Å². The van der Waals surface area contributed by atoms with Gasteiger partial charge in [-0.05, 0) is 6.42 Å². The molecular weight excluding hydrogens is 329 g/mol. The summed E-state index contributed by atoms with van der Waals surface area (Å²) in [5.74, 6) is -0.845. The molecule has 5 nitrogen and oxygen atoms in total. The summed E-state index contributed by atoms with van der Waals surface area (Å²) in [7, 11) is 0. The Balaban J connectivity index is 0. The number of rotatable bonds is 18. The summed E-state index contributed by atoms with van der Waals surface area (Å²) in [6, 6.07) is 0. The second-order valence-electron chi connectivity index (χ2n) is 6.79.